The number of anilines is 1. The quantitative estimate of drug-likeness (QED) is 0.281. The lowest BCUT2D eigenvalue weighted by molar-refractivity contribution is -0.140. The molecule has 13 heteroatoms. The number of carboxylic acids is 1. The molecule has 5 atom stereocenters. The number of benzene rings is 1. The average molecular weight is 652 g/mol. The summed E-state index contributed by atoms with van der Waals surface area (Å²) < 4.78 is 35.6. The number of amides is 1. The topological polar surface area (TPSA) is 131 Å². The number of pyridine rings is 1. The van der Waals surface area contributed by atoms with Crippen molar-refractivity contribution in [2.75, 3.05) is 31.1 Å². The maximum atomic E-state index is 17.1. The number of para-hydroxylation sites is 1. The monoisotopic (exact) mass is 651 g/mol. The zero-order valence-corrected chi connectivity index (χ0v) is 26.4. The van der Waals surface area contributed by atoms with Crippen molar-refractivity contribution < 1.29 is 33.0 Å². The van der Waals surface area contributed by atoms with E-state index < -0.39 is 29.7 Å². The van der Waals surface area contributed by atoms with Gasteiger partial charge in [-0.3, -0.25) is 4.79 Å². The number of furan rings is 1. The Morgan fingerprint density at radius 1 is 1.20 bits per heavy atom. The predicted octanol–water partition coefficient (Wildman–Crippen LogP) is 5.52. The number of hydrogen-bond donors (Lipinski definition) is 1. The van der Waals surface area contributed by atoms with Crippen LogP contribution in [0.25, 0.3) is 22.1 Å². The first kappa shape index (κ1) is 30.6. The molecule has 46 heavy (non-hydrogen) atoms. The van der Waals surface area contributed by atoms with Gasteiger partial charge < -0.3 is 28.8 Å². The van der Waals surface area contributed by atoms with Gasteiger partial charge in [0.2, 0.25) is 11.8 Å². The summed E-state index contributed by atoms with van der Waals surface area (Å²) in [7, 11) is 0. The maximum absolute atomic E-state index is 17.1. The Kier molecular flexibility index (Phi) is 7.96. The van der Waals surface area contributed by atoms with Gasteiger partial charge in [0.1, 0.15) is 35.5 Å². The van der Waals surface area contributed by atoms with Crippen LogP contribution < -0.4 is 9.64 Å². The fraction of sp³-hybridized carbons (Fsp3) is 0.485. The molecule has 6 bridgehead atoms. The summed E-state index contributed by atoms with van der Waals surface area (Å²) in [6, 6.07) is 7.96. The van der Waals surface area contributed by atoms with Gasteiger partial charge in [0.15, 0.2) is 17.2 Å². The fourth-order valence-corrected chi connectivity index (χ4v) is 7.17. The van der Waals surface area contributed by atoms with Crippen LogP contribution in [0.15, 0.2) is 40.9 Å². The van der Waals surface area contributed by atoms with Crippen LogP contribution in [0.3, 0.4) is 0 Å². The van der Waals surface area contributed by atoms with E-state index in [1.54, 1.807) is 16.7 Å². The highest BCUT2D eigenvalue weighted by atomic mass is 35.5. The van der Waals surface area contributed by atoms with E-state index in [0.717, 1.165) is 5.39 Å². The standard InChI is InChI=1S/C33H35ClFN5O6/c1-18-6-5-11-44-17-26-37-27-22-7-3-4-8-25(22)46-28(27)29(38-26)40-16-21(13-24(40)32(42)43)45-30-23(12-20(34)14-36-30)33(35)9-10-39(31(18)41)15-19(33)2/h3-4,7-8,12,14,18-19,21,24H,5-6,9-11,13,15-17H2,1-2H3,(H,42,43)/t18-,19-,21-,24-,33+/m0/s1. The van der Waals surface area contributed by atoms with E-state index in [9.17, 15) is 14.7 Å². The van der Waals surface area contributed by atoms with Crippen LogP contribution >= 0.6 is 11.6 Å². The van der Waals surface area contributed by atoms with Gasteiger partial charge in [0, 0.05) is 56.0 Å². The molecule has 4 aliphatic heterocycles. The summed E-state index contributed by atoms with van der Waals surface area (Å²) in [5.74, 6) is -1.15. The molecule has 11 nitrogen and oxygen atoms in total. The number of halogens is 2. The van der Waals surface area contributed by atoms with Crippen LogP contribution in [-0.4, -0.2) is 75.2 Å². The number of nitrogens with zero attached hydrogens (tertiary/aromatic N) is 5. The number of carboxylic acid groups (broad SMARTS) is 1. The molecule has 0 aliphatic carbocycles. The SMILES string of the molecule is C[C@H]1CCCOCc2nc(c3oc4ccccc4c3n2)N2C[C@H](C[C@H]2C(=O)O)Oc2ncc(Cl)cc2[C@@]2(F)CCN(C[C@@H]2C)C1=O. The average Bonchev–Trinajstić information content (AvgIpc) is 3.64. The number of aromatic nitrogens is 3. The van der Waals surface area contributed by atoms with Crippen molar-refractivity contribution in [3.8, 4) is 5.88 Å². The van der Waals surface area contributed by atoms with Crippen LogP contribution in [0.2, 0.25) is 5.02 Å². The molecule has 2 saturated heterocycles. The summed E-state index contributed by atoms with van der Waals surface area (Å²) in [4.78, 5) is 43.3. The highest BCUT2D eigenvalue weighted by Gasteiger charge is 2.47. The second-order valence-corrected chi connectivity index (χ2v) is 13.1. The molecule has 3 aromatic heterocycles. The Morgan fingerprint density at radius 2 is 2.02 bits per heavy atom. The molecule has 0 unspecified atom stereocenters. The van der Waals surface area contributed by atoms with Crippen molar-refractivity contribution in [1.82, 2.24) is 19.9 Å². The van der Waals surface area contributed by atoms with Crippen molar-refractivity contribution in [2.24, 2.45) is 11.8 Å². The normalized spacial score (nSPS) is 27.5. The molecule has 1 amide bonds. The lowest BCUT2D eigenvalue weighted by atomic mass is 9.78. The van der Waals surface area contributed by atoms with Crippen LogP contribution in [0.4, 0.5) is 10.2 Å². The molecule has 0 radical (unpaired) electrons. The van der Waals surface area contributed by atoms with E-state index in [-0.39, 0.29) is 67.4 Å². The number of piperidine rings is 1. The molecule has 7 heterocycles. The van der Waals surface area contributed by atoms with E-state index in [1.165, 1.54) is 12.3 Å². The van der Waals surface area contributed by atoms with Crippen molar-refractivity contribution in [3.05, 3.63) is 52.9 Å². The van der Waals surface area contributed by atoms with Gasteiger partial charge in [-0.25, -0.2) is 24.1 Å². The zero-order valence-electron chi connectivity index (χ0n) is 25.6. The summed E-state index contributed by atoms with van der Waals surface area (Å²) in [5, 5.41) is 11.4. The highest BCUT2D eigenvalue weighted by Crippen LogP contribution is 2.46. The highest BCUT2D eigenvalue weighted by molar-refractivity contribution is 6.30. The van der Waals surface area contributed by atoms with E-state index in [1.807, 2.05) is 31.2 Å². The summed E-state index contributed by atoms with van der Waals surface area (Å²) in [6.07, 6.45) is 2.10. The Labute approximate surface area is 269 Å². The number of rotatable bonds is 1. The first-order valence-corrected chi connectivity index (χ1v) is 16.1. The number of aliphatic carboxylic acids is 1. The molecular formula is C33H35ClFN5O6. The smallest absolute Gasteiger partial charge is 0.326 e. The lowest BCUT2D eigenvalue weighted by Crippen LogP contribution is -2.50. The van der Waals surface area contributed by atoms with Gasteiger partial charge in [-0.1, -0.05) is 37.6 Å². The summed E-state index contributed by atoms with van der Waals surface area (Å²) in [6.45, 7) is 4.74. The fourth-order valence-electron chi connectivity index (χ4n) is 7.01. The Bertz CT molecular complexity index is 1820. The van der Waals surface area contributed by atoms with Crippen molar-refractivity contribution in [2.45, 2.75) is 64.0 Å². The zero-order chi connectivity index (χ0) is 32.2. The minimum Gasteiger partial charge on any atom is -0.480 e. The second-order valence-electron chi connectivity index (χ2n) is 12.6. The lowest BCUT2D eigenvalue weighted by Gasteiger charge is -2.42. The molecule has 0 saturated carbocycles. The molecule has 4 aliphatic rings. The number of carbonyl (C=O) groups excluding carboxylic acids is 1. The first-order chi connectivity index (χ1) is 22.1. The molecule has 242 valence electrons. The third-order valence-corrected chi connectivity index (χ3v) is 9.73. The van der Waals surface area contributed by atoms with Gasteiger partial charge >= 0.3 is 5.97 Å². The Morgan fingerprint density at radius 3 is 2.83 bits per heavy atom. The van der Waals surface area contributed by atoms with Crippen molar-refractivity contribution in [1.29, 1.82) is 0 Å². The third-order valence-electron chi connectivity index (χ3n) is 9.52. The second kappa shape index (κ2) is 12.0. The molecule has 2 fully saturated rings. The van der Waals surface area contributed by atoms with Crippen molar-refractivity contribution in [3.63, 3.8) is 0 Å². The molecule has 1 aromatic carbocycles. The number of hydrogen-bond acceptors (Lipinski definition) is 9. The maximum Gasteiger partial charge on any atom is 0.326 e. The largest absolute Gasteiger partial charge is 0.480 e. The molecular weight excluding hydrogens is 617 g/mol. The van der Waals surface area contributed by atoms with Gasteiger partial charge in [-0.15, -0.1) is 0 Å². The summed E-state index contributed by atoms with van der Waals surface area (Å²) >= 11 is 6.34. The Balaban J connectivity index is 1.32. The summed E-state index contributed by atoms with van der Waals surface area (Å²) in [5.41, 5.74) is -0.159. The molecule has 4 aromatic rings. The van der Waals surface area contributed by atoms with E-state index in [4.69, 9.17) is 35.5 Å². The number of fused-ring (bicyclic) bond motifs is 11. The Hall–Kier alpha value is -4.03. The minimum atomic E-state index is -1.87. The number of alkyl halides is 1. The van der Waals surface area contributed by atoms with Gasteiger partial charge in [0.25, 0.3) is 0 Å². The van der Waals surface area contributed by atoms with Crippen LogP contribution in [0, 0.1) is 11.8 Å². The van der Waals surface area contributed by atoms with Gasteiger partial charge in [-0.2, -0.15) is 0 Å². The van der Waals surface area contributed by atoms with E-state index in [0.29, 0.717) is 47.8 Å². The van der Waals surface area contributed by atoms with Crippen molar-refractivity contribution >= 4 is 51.4 Å². The molecule has 1 N–H and O–H groups in total. The van der Waals surface area contributed by atoms with Crippen LogP contribution in [-0.2, 0) is 26.6 Å². The van der Waals surface area contributed by atoms with Crippen LogP contribution in [0.1, 0.15) is 50.9 Å². The van der Waals surface area contributed by atoms with Gasteiger partial charge in [0.05, 0.1) is 17.1 Å². The minimum absolute atomic E-state index is 0.0139. The van der Waals surface area contributed by atoms with Gasteiger partial charge in [-0.05, 0) is 31.0 Å². The first-order valence-electron chi connectivity index (χ1n) is 15.7. The number of ether oxygens (including phenoxy) is 2. The number of carbonyl (C=O) groups is 2. The van der Waals surface area contributed by atoms with E-state index >= 15 is 4.39 Å². The third kappa shape index (κ3) is 5.41. The van der Waals surface area contributed by atoms with Crippen LogP contribution in [0.5, 0.6) is 5.88 Å². The molecule has 0 spiro atoms. The molecule has 8 rings (SSSR count). The van der Waals surface area contributed by atoms with E-state index in [2.05, 4.69) is 4.98 Å². The predicted molar refractivity (Wildman–Crippen MR) is 168 cm³/mol.